The van der Waals surface area contributed by atoms with Gasteiger partial charge in [-0.1, -0.05) is 26.7 Å². The molecule has 388 valence electrons. The van der Waals surface area contributed by atoms with Crippen LogP contribution >= 0.6 is 41.0 Å². The standard InChI is InChI=1S/2C8H19NO2.4C4H11NO.C2H4O2.CH2O2.BrH.HI.HNO3.HNO2/c2*1-2-3-4-9(5-7-10)6-8-11;4*1-5(2)3-4-6;1-2(3)4;2-1-3;;;2-1(3)4;2-1-3/h2*10-11H,2-8H2,1H3;4*6H,3-4H2,1-2H3;1H3,(H,3,4);1H,(H,2,3);2*1H;(H,2,3,4);(H,2,3). The number of aliphatic hydroxyl groups is 8. The lowest BCUT2D eigenvalue weighted by Crippen LogP contribution is -2.30. The molecule has 0 atom stereocenters. The van der Waals surface area contributed by atoms with E-state index in [0.29, 0.717) is 26.2 Å². The average Bonchev–Trinajstić information content (AvgIpc) is 3.11. The molecule has 0 aliphatic carbocycles. The fourth-order valence-electron chi connectivity index (χ4n) is 2.80. The van der Waals surface area contributed by atoms with Crippen molar-refractivity contribution in [2.75, 3.05) is 175 Å². The molecule has 0 saturated heterocycles. The first-order valence-corrected chi connectivity index (χ1v) is 19.1. The third-order valence-electron chi connectivity index (χ3n) is 5.51. The van der Waals surface area contributed by atoms with E-state index in [0.717, 1.165) is 71.9 Å². The van der Waals surface area contributed by atoms with E-state index in [-0.39, 0.29) is 100 Å². The second-order valence-corrected chi connectivity index (χ2v) is 12.3. The number of carboxylic acid groups (broad SMARTS) is 2. The monoisotopic (exact) mass is 1100 g/mol. The number of nitrogens with zero attached hydrogens (tertiary/aromatic N) is 8. The van der Waals surface area contributed by atoms with Gasteiger partial charge in [0.25, 0.3) is 17.5 Å². The average molecular weight is 1100 g/mol. The number of unbranched alkanes of at least 4 members (excludes halogenated alkanes) is 2. The molecule has 0 fully saturated rings. The van der Waals surface area contributed by atoms with Crippen LogP contribution in [0.3, 0.4) is 0 Å². The topological polar surface area (TPSA) is 369 Å². The van der Waals surface area contributed by atoms with Gasteiger partial charge in [0.15, 0.2) is 5.34 Å². The van der Waals surface area contributed by atoms with Crippen molar-refractivity contribution in [3.05, 3.63) is 15.0 Å². The summed E-state index contributed by atoms with van der Waals surface area (Å²) < 4.78 is 0. The number of hydrogen-bond acceptors (Lipinski definition) is 20. The molecule has 0 aliphatic heterocycles. The van der Waals surface area contributed by atoms with Crippen molar-refractivity contribution in [1.29, 1.82) is 0 Å². The normalized spacial score (nSPS) is 8.92. The second-order valence-electron chi connectivity index (χ2n) is 12.3. The number of aliphatic carboxylic acids is 1. The number of rotatable bonds is 22. The summed E-state index contributed by atoms with van der Waals surface area (Å²) in [5.74, 6) is -0.833. The fourth-order valence-corrected chi connectivity index (χ4v) is 2.80. The Bertz CT molecular complexity index is 658. The summed E-state index contributed by atoms with van der Waals surface area (Å²) >= 11 is 0. The second kappa shape index (κ2) is 93.9. The predicted molar refractivity (Wildman–Crippen MR) is 258 cm³/mol. The molecule has 27 heteroatoms. The molecule has 0 heterocycles. The first-order chi connectivity index (χ1) is 28.1. The van der Waals surface area contributed by atoms with E-state index in [1.165, 1.54) is 5.34 Å². The zero-order valence-corrected chi connectivity index (χ0v) is 43.5. The van der Waals surface area contributed by atoms with Crippen molar-refractivity contribution in [2.45, 2.75) is 46.5 Å². The van der Waals surface area contributed by atoms with Crippen LogP contribution in [0.5, 0.6) is 0 Å². The highest BCUT2D eigenvalue weighted by atomic mass is 127. The summed E-state index contributed by atoms with van der Waals surface area (Å²) in [6.07, 6.45) is 4.60. The maximum atomic E-state index is 9.00. The third kappa shape index (κ3) is 209. The number of carboxylic acids is 1. The Labute approximate surface area is 399 Å². The highest BCUT2D eigenvalue weighted by molar-refractivity contribution is 14.0. The van der Waals surface area contributed by atoms with E-state index < -0.39 is 11.1 Å². The van der Waals surface area contributed by atoms with Gasteiger partial charge in [0, 0.05) is 59.3 Å². The van der Waals surface area contributed by atoms with Crippen LogP contribution in [0.25, 0.3) is 0 Å². The van der Waals surface area contributed by atoms with E-state index in [1.807, 2.05) is 76.0 Å². The Kier molecular flexibility index (Phi) is 138. The van der Waals surface area contributed by atoms with Gasteiger partial charge < -0.3 is 81.1 Å². The molecule has 0 radical (unpaired) electrons. The Hall–Kier alpha value is -1.81. The maximum Gasteiger partial charge on any atom is 0.300 e. The first kappa shape index (κ1) is 90.8. The van der Waals surface area contributed by atoms with Gasteiger partial charge in [0.1, 0.15) is 0 Å². The molecule has 0 amide bonds. The van der Waals surface area contributed by atoms with Gasteiger partial charge in [0.2, 0.25) is 0 Å². The lowest BCUT2D eigenvalue weighted by Gasteiger charge is -2.19. The summed E-state index contributed by atoms with van der Waals surface area (Å²) in [6.45, 7) is 14.6. The van der Waals surface area contributed by atoms with Gasteiger partial charge >= 0.3 is 0 Å². The molecule has 0 saturated carbocycles. The smallest absolute Gasteiger partial charge is 0.300 e. The van der Waals surface area contributed by atoms with Crippen molar-refractivity contribution < 1.29 is 76.2 Å². The summed E-state index contributed by atoms with van der Waals surface area (Å²) in [5.41, 5.74) is 0. The molecule has 25 nitrogen and oxygen atoms in total. The van der Waals surface area contributed by atoms with Crippen molar-refractivity contribution in [3.8, 4) is 0 Å². The molecule has 0 bridgehead atoms. The van der Waals surface area contributed by atoms with Crippen LogP contribution in [-0.2, 0) is 9.59 Å². The van der Waals surface area contributed by atoms with Crippen LogP contribution in [0.1, 0.15) is 46.5 Å². The summed E-state index contributed by atoms with van der Waals surface area (Å²) in [7, 11) is 15.4. The number of hydrogen-bond donors (Lipinski definition) is 12. The highest BCUT2D eigenvalue weighted by Gasteiger charge is 2.01. The Morgan fingerprint density at radius 1 is 0.565 bits per heavy atom. The first-order valence-electron chi connectivity index (χ1n) is 19.1. The Morgan fingerprint density at radius 2 is 0.694 bits per heavy atom. The highest BCUT2D eigenvalue weighted by Crippen LogP contribution is 1.94. The van der Waals surface area contributed by atoms with E-state index in [9.17, 15) is 0 Å². The van der Waals surface area contributed by atoms with Gasteiger partial charge in [-0.25, -0.2) is 0 Å². The molecular weight excluding hydrogens is 1010 g/mol. The zero-order chi connectivity index (χ0) is 49.6. The molecular formula is C35H92BrIN8O17. The van der Waals surface area contributed by atoms with Gasteiger partial charge in [0.05, 0.1) is 52.9 Å². The molecule has 0 spiro atoms. The zero-order valence-electron chi connectivity index (χ0n) is 39.4. The number of likely N-dealkylation sites (N-methyl/N-ethyl adjacent to an activating group) is 4. The van der Waals surface area contributed by atoms with Crippen molar-refractivity contribution in [3.63, 3.8) is 0 Å². The molecule has 0 aromatic carbocycles. The van der Waals surface area contributed by atoms with Crippen LogP contribution < -0.4 is 0 Å². The fraction of sp³-hybridized carbons (Fsp3) is 0.943. The van der Waals surface area contributed by atoms with Crippen LogP contribution in [0.15, 0.2) is 5.34 Å². The van der Waals surface area contributed by atoms with E-state index in [1.54, 1.807) is 0 Å². The molecule has 12 N–H and O–H groups in total. The van der Waals surface area contributed by atoms with Crippen molar-refractivity contribution in [1.82, 2.24) is 29.4 Å². The summed E-state index contributed by atoms with van der Waals surface area (Å²) in [6, 6.07) is 0. The van der Waals surface area contributed by atoms with Crippen molar-refractivity contribution >= 4 is 53.4 Å². The van der Waals surface area contributed by atoms with Crippen LogP contribution in [0.2, 0.25) is 0 Å². The number of halogens is 2. The lowest BCUT2D eigenvalue weighted by molar-refractivity contribution is -0.742. The minimum Gasteiger partial charge on any atom is -0.483 e. The molecule has 62 heavy (non-hydrogen) atoms. The van der Waals surface area contributed by atoms with Crippen LogP contribution in [0.4, 0.5) is 0 Å². The summed E-state index contributed by atoms with van der Waals surface area (Å²) in [5, 5.41) is 103. The SMILES string of the molecule is Br.CC(=O)O.CCCCN(CCO)CCO.CCCCN(CCO)CCO.CN(C)CCO.CN(C)CCO.CN(C)CCO.CN(C)CCO.I.O=CO.O=NO.O=[N+]([O-])O. The van der Waals surface area contributed by atoms with E-state index in [4.69, 9.17) is 86.1 Å². The molecule has 0 unspecified atom stereocenters. The molecule has 0 aromatic rings. The molecule has 0 aliphatic rings. The molecule has 0 aromatic heterocycles. The van der Waals surface area contributed by atoms with Crippen LogP contribution in [-0.4, -0.2) is 283 Å². The minimum absolute atomic E-state index is 0. The maximum absolute atomic E-state index is 9.00. The van der Waals surface area contributed by atoms with E-state index in [2.05, 4.69) is 23.6 Å². The number of aliphatic hydroxyl groups excluding tert-OH is 8. The predicted octanol–water partition coefficient (Wildman–Crippen LogP) is -0.911. The Balaban J connectivity index is -0.0000000460. The third-order valence-corrected chi connectivity index (χ3v) is 5.51. The quantitative estimate of drug-likeness (QED) is 0.0205. The van der Waals surface area contributed by atoms with Gasteiger partial charge in [-0.05, 0) is 82.3 Å². The van der Waals surface area contributed by atoms with E-state index >= 15 is 0 Å². The van der Waals surface area contributed by atoms with Gasteiger partial charge in [-0.3, -0.25) is 19.4 Å². The number of carbonyl (C=O) groups is 2. The van der Waals surface area contributed by atoms with Gasteiger partial charge in [-0.15, -0.1) is 56.0 Å². The minimum atomic E-state index is -1.50. The lowest BCUT2D eigenvalue weighted by atomic mass is 10.3. The van der Waals surface area contributed by atoms with Crippen molar-refractivity contribution in [2.24, 2.45) is 5.34 Å². The summed E-state index contributed by atoms with van der Waals surface area (Å²) in [4.78, 5) is 45.7. The molecule has 0 rings (SSSR count). The largest absolute Gasteiger partial charge is 0.483 e. The Morgan fingerprint density at radius 3 is 0.758 bits per heavy atom. The van der Waals surface area contributed by atoms with Crippen LogP contribution in [0, 0.1) is 15.0 Å². The van der Waals surface area contributed by atoms with Gasteiger partial charge in [-0.2, -0.15) is 0 Å².